The van der Waals surface area contributed by atoms with Crippen LogP contribution in [0, 0.1) is 26.7 Å². The Morgan fingerprint density at radius 1 is 1.00 bits per heavy atom. The minimum absolute atomic E-state index is 0.0958. The van der Waals surface area contributed by atoms with E-state index in [0.29, 0.717) is 30.8 Å². The zero-order valence-electron chi connectivity index (χ0n) is 19.8. The summed E-state index contributed by atoms with van der Waals surface area (Å²) in [5.74, 6) is 0.0808. The molecule has 0 spiro atoms. The van der Waals surface area contributed by atoms with Crippen molar-refractivity contribution in [2.24, 2.45) is 5.92 Å². The van der Waals surface area contributed by atoms with E-state index >= 15 is 0 Å². The molecule has 2 aliphatic rings. The maximum absolute atomic E-state index is 13.3. The maximum Gasteiger partial charge on any atom is 0.243 e. The first-order chi connectivity index (χ1) is 15.8. The Morgan fingerprint density at radius 2 is 1.64 bits per heavy atom. The third-order valence-electron chi connectivity index (χ3n) is 6.82. The Bertz CT molecular complexity index is 1060. The molecule has 2 saturated heterocycles. The number of amides is 1. The maximum atomic E-state index is 13.3. The van der Waals surface area contributed by atoms with Crippen LogP contribution < -0.4 is 0 Å². The van der Waals surface area contributed by atoms with Crippen LogP contribution >= 0.6 is 0 Å². The second-order valence-electron chi connectivity index (χ2n) is 9.37. The van der Waals surface area contributed by atoms with E-state index in [-0.39, 0.29) is 11.8 Å². The number of aryl methyl sites for hydroxylation is 3. The van der Waals surface area contributed by atoms with E-state index in [4.69, 9.17) is 0 Å². The molecular weight excluding hydrogens is 436 g/mol. The van der Waals surface area contributed by atoms with Crippen LogP contribution in [0.15, 0.2) is 41.6 Å². The summed E-state index contributed by atoms with van der Waals surface area (Å²) in [5.41, 5.74) is 3.82. The SMILES string of the molecule is Cc1cc(C)c(S(=O)(=O)N2CCC(C(=O)N3CCN(Cc4cccnc4)CC3)CC2)c(C)c1. The van der Waals surface area contributed by atoms with Gasteiger partial charge in [-0.3, -0.25) is 14.7 Å². The molecular formula is C25H34N4O3S. The van der Waals surface area contributed by atoms with E-state index in [0.717, 1.165) is 49.4 Å². The predicted octanol–water partition coefficient (Wildman–Crippen LogP) is 2.75. The molecule has 2 fully saturated rings. The van der Waals surface area contributed by atoms with Gasteiger partial charge in [0.1, 0.15) is 0 Å². The molecule has 178 valence electrons. The molecule has 3 heterocycles. The number of carbonyl (C=O) groups excluding carboxylic acids is 1. The monoisotopic (exact) mass is 470 g/mol. The van der Waals surface area contributed by atoms with Gasteiger partial charge in [-0.25, -0.2) is 8.42 Å². The van der Waals surface area contributed by atoms with Gasteiger partial charge < -0.3 is 4.90 Å². The molecule has 0 atom stereocenters. The topological polar surface area (TPSA) is 73.8 Å². The van der Waals surface area contributed by atoms with Crippen LogP contribution in [0.25, 0.3) is 0 Å². The molecule has 1 amide bonds. The van der Waals surface area contributed by atoms with E-state index in [1.807, 2.05) is 50.1 Å². The molecule has 4 rings (SSSR count). The lowest BCUT2D eigenvalue weighted by atomic mass is 9.96. The average molecular weight is 471 g/mol. The van der Waals surface area contributed by atoms with Gasteiger partial charge in [0.15, 0.2) is 0 Å². The first-order valence-corrected chi connectivity index (χ1v) is 13.2. The molecule has 0 N–H and O–H groups in total. The van der Waals surface area contributed by atoms with Gasteiger partial charge in [-0.15, -0.1) is 0 Å². The highest BCUT2D eigenvalue weighted by molar-refractivity contribution is 7.89. The molecule has 7 nitrogen and oxygen atoms in total. The van der Waals surface area contributed by atoms with Crippen molar-refractivity contribution in [3.05, 3.63) is 58.9 Å². The number of carbonyl (C=O) groups is 1. The smallest absolute Gasteiger partial charge is 0.243 e. The van der Waals surface area contributed by atoms with Crippen molar-refractivity contribution in [3.63, 3.8) is 0 Å². The first kappa shape index (κ1) is 23.9. The van der Waals surface area contributed by atoms with Gasteiger partial charge in [-0.2, -0.15) is 4.31 Å². The third-order valence-corrected chi connectivity index (χ3v) is 9.02. The number of rotatable bonds is 5. The second-order valence-corrected chi connectivity index (χ2v) is 11.2. The largest absolute Gasteiger partial charge is 0.340 e. The second kappa shape index (κ2) is 9.91. The lowest BCUT2D eigenvalue weighted by Crippen LogP contribution is -2.51. The molecule has 0 radical (unpaired) electrons. The van der Waals surface area contributed by atoms with Gasteiger partial charge in [-0.1, -0.05) is 23.8 Å². The fraction of sp³-hybridized carbons (Fsp3) is 0.520. The molecule has 2 aromatic rings. The number of benzene rings is 1. The number of piperazine rings is 1. The van der Waals surface area contributed by atoms with Gasteiger partial charge in [0.25, 0.3) is 0 Å². The van der Waals surface area contributed by atoms with Crippen molar-refractivity contribution in [1.82, 2.24) is 19.1 Å². The Morgan fingerprint density at radius 3 is 2.21 bits per heavy atom. The van der Waals surface area contributed by atoms with Crippen molar-refractivity contribution in [1.29, 1.82) is 0 Å². The summed E-state index contributed by atoms with van der Waals surface area (Å²) in [6.07, 6.45) is 4.83. The van der Waals surface area contributed by atoms with Crippen molar-refractivity contribution >= 4 is 15.9 Å². The molecule has 0 saturated carbocycles. The highest BCUT2D eigenvalue weighted by atomic mass is 32.2. The molecule has 8 heteroatoms. The van der Waals surface area contributed by atoms with Crippen LogP contribution in [0.4, 0.5) is 0 Å². The van der Waals surface area contributed by atoms with Gasteiger partial charge in [0.05, 0.1) is 4.90 Å². The molecule has 33 heavy (non-hydrogen) atoms. The van der Waals surface area contributed by atoms with E-state index in [1.54, 1.807) is 10.5 Å². The summed E-state index contributed by atoms with van der Waals surface area (Å²) in [5, 5.41) is 0. The summed E-state index contributed by atoms with van der Waals surface area (Å²) >= 11 is 0. The molecule has 0 aliphatic carbocycles. The van der Waals surface area contributed by atoms with Gasteiger partial charge in [-0.05, 0) is 56.4 Å². The normalized spacial score (nSPS) is 19.1. The fourth-order valence-corrected chi connectivity index (χ4v) is 7.06. The van der Waals surface area contributed by atoms with Crippen LogP contribution in [-0.4, -0.2) is 72.7 Å². The molecule has 1 aromatic carbocycles. The third kappa shape index (κ3) is 5.28. The number of aromatic nitrogens is 1. The summed E-state index contributed by atoms with van der Waals surface area (Å²) in [7, 11) is -3.55. The van der Waals surface area contributed by atoms with Crippen LogP contribution in [0.1, 0.15) is 35.1 Å². The lowest BCUT2D eigenvalue weighted by molar-refractivity contribution is -0.138. The first-order valence-electron chi connectivity index (χ1n) is 11.7. The molecule has 2 aliphatic heterocycles. The minimum atomic E-state index is -3.55. The Hall–Kier alpha value is -2.29. The van der Waals surface area contributed by atoms with E-state index in [1.165, 1.54) is 5.56 Å². The van der Waals surface area contributed by atoms with Gasteiger partial charge in [0.2, 0.25) is 15.9 Å². The lowest BCUT2D eigenvalue weighted by Gasteiger charge is -2.38. The Balaban J connectivity index is 1.31. The van der Waals surface area contributed by atoms with Crippen molar-refractivity contribution in [2.45, 2.75) is 45.1 Å². The summed E-state index contributed by atoms with van der Waals surface area (Å²) in [4.78, 5) is 22.0. The number of hydrogen-bond donors (Lipinski definition) is 0. The van der Waals surface area contributed by atoms with Crippen molar-refractivity contribution < 1.29 is 13.2 Å². The summed E-state index contributed by atoms with van der Waals surface area (Å²) < 4.78 is 28.2. The standard InChI is InChI=1S/C25H34N4O3S/c1-19-15-20(2)24(21(3)16-19)33(31,32)29-9-6-23(7-10-29)25(30)28-13-11-27(12-14-28)18-22-5-4-8-26-17-22/h4-5,8,15-17,23H,6-7,9-14,18H2,1-3H3. The highest BCUT2D eigenvalue weighted by Crippen LogP contribution is 2.29. The number of piperidine rings is 1. The van der Waals surface area contributed by atoms with Crippen LogP contribution in [0.3, 0.4) is 0 Å². The summed E-state index contributed by atoms with van der Waals surface area (Å²) in [6, 6.07) is 7.86. The van der Waals surface area contributed by atoms with Crippen LogP contribution in [0.5, 0.6) is 0 Å². The fourth-order valence-electron chi connectivity index (χ4n) is 5.18. The molecule has 0 bridgehead atoms. The highest BCUT2D eigenvalue weighted by Gasteiger charge is 2.35. The van der Waals surface area contributed by atoms with E-state index < -0.39 is 10.0 Å². The van der Waals surface area contributed by atoms with Crippen molar-refractivity contribution in [2.75, 3.05) is 39.3 Å². The average Bonchev–Trinajstić information content (AvgIpc) is 2.79. The number of sulfonamides is 1. The van der Waals surface area contributed by atoms with Gasteiger partial charge >= 0.3 is 0 Å². The van der Waals surface area contributed by atoms with Crippen LogP contribution in [0.2, 0.25) is 0 Å². The predicted molar refractivity (Wildman–Crippen MR) is 128 cm³/mol. The Kier molecular flexibility index (Phi) is 7.16. The van der Waals surface area contributed by atoms with Gasteiger partial charge in [0, 0.05) is 64.1 Å². The van der Waals surface area contributed by atoms with E-state index in [9.17, 15) is 13.2 Å². The minimum Gasteiger partial charge on any atom is -0.340 e. The van der Waals surface area contributed by atoms with Crippen LogP contribution in [-0.2, 0) is 21.4 Å². The zero-order chi connectivity index (χ0) is 23.6. The number of pyridine rings is 1. The summed E-state index contributed by atoms with van der Waals surface area (Å²) in [6.45, 7) is 10.5. The van der Waals surface area contributed by atoms with E-state index in [2.05, 4.69) is 16.0 Å². The number of hydrogen-bond acceptors (Lipinski definition) is 5. The zero-order valence-corrected chi connectivity index (χ0v) is 20.6. The Labute approximate surface area is 197 Å². The van der Waals surface area contributed by atoms with Crippen molar-refractivity contribution in [3.8, 4) is 0 Å². The quantitative estimate of drug-likeness (QED) is 0.672. The molecule has 1 aromatic heterocycles. The molecule has 0 unspecified atom stereocenters. The number of nitrogens with zero attached hydrogens (tertiary/aromatic N) is 4.